The van der Waals surface area contributed by atoms with Gasteiger partial charge < -0.3 is 11.5 Å². The molecule has 0 aromatic rings. The van der Waals surface area contributed by atoms with E-state index in [1.54, 1.807) is 0 Å². The van der Waals surface area contributed by atoms with Gasteiger partial charge in [-0.3, -0.25) is 0 Å². The Morgan fingerprint density at radius 2 is 1.40 bits per heavy atom. The molecule has 0 saturated carbocycles. The second-order valence-electron chi connectivity index (χ2n) is 0.402. The van der Waals surface area contributed by atoms with Crippen molar-refractivity contribution in [3.63, 3.8) is 0 Å². The zero-order valence-electron chi connectivity index (χ0n) is 2.38. The Hall–Kier alpha value is -0.0677. The Kier molecular flexibility index (Phi) is 6.98. The topological polar surface area (TPSA) is 69.1 Å². The van der Waals surface area contributed by atoms with Gasteiger partial charge in [-0.2, -0.15) is 0 Å². The number of amides is 2. The molecule has 0 atom stereocenters. The van der Waals surface area contributed by atoms with Crippen molar-refractivity contribution in [2.24, 2.45) is 11.5 Å². The van der Waals surface area contributed by atoms with E-state index in [1.807, 2.05) is 0 Å². The van der Waals surface area contributed by atoms with Gasteiger partial charge in [0.1, 0.15) is 0 Å². The summed E-state index contributed by atoms with van der Waals surface area (Å²) in [6, 6.07) is -0.833. The van der Waals surface area contributed by atoms with Gasteiger partial charge in [0.2, 0.25) is 0 Å². The Balaban J connectivity index is 0. The maximum atomic E-state index is 9.00. The summed E-state index contributed by atoms with van der Waals surface area (Å²) in [5.41, 5.74) is 8.50. The van der Waals surface area contributed by atoms with Gasteiger partial charge in [-0.05, 0) is 0 Å². The van der Waals surface area contributed by atoms with Crippen molar-refractivity contribution in [1.82, 2.24) is 0 Å². The zero-order chi connectivity index (χ0) is 3.58. The molecule has 0 aromatic heterocycles. The van der Waals surface area contributed by atoms with E-state index in [0.717, 1.165) is 0 Å². The predicted molar refractivity (Wildman–Crippen MR) is 13.8 cm³/mol. The Bertz CT molecular complexity index is 32.6. The normalized spacial score (nSPS) is 4.80. The van der Waals surface area contributed by atoms with E-state index in [9.17, 15) is 0 Å². The van der Waals surface area contributed by atoms with Crippen LogP contribution in [0.1, 0.15) is 0 Å². The molecule has 0 saturated heterocycles. The fourth-order valence-corrected chi connectivity index (χ4v) is 0. The van der Waals surface area contributed by atoms with E-state index < -0.39 is 6.03 Å². The molecule has 4 N–H and O–H groups in total. The molecule has 0 aliphatic heterocycles. The summed E-state index contributed by atoms with van der Waals surface area (Å²) >= 11 is 0. The Morgan fingerprint density at radius 1 is 1.40 bits per heavy atom. The van der Waals surface area contributed by atoms with Crippen LogP contribution in [0.15, 0.2) is 0 Å². The van der Waals surface area contributed by atoms with Crippen LogP contribution in [0.25, 0.3) is 0 Å². The summed E-state index contributed by atoms with van der Waals surface area (Å²) in [5.74, 6) is 0. The van der Waals surface area contributed by atoms with Crippen molar-refractivity contribution in [3.8, 4) is 0 Å². The van der Waals surface area contributed by atoms with E-state index in [0.29, 0.717) is 0 Å². The van der Waals surface area contributed by atoms with Crippen molar-refractivity contribution in [1.29, 1.82) is 0 Å². The van der Waals surface area contributed by atoms with Crippen LogP contribution in [0.4, 0.5) is 4.79 Å². The van der Waals surface area contributed by atoms with Crippen LogP contribution in [0, 0.1) is 0 Å². The average Bonchev–Trinajstić information content (AvgIpc) is 0.811. The molecule has 0 aliphatic carbocycles. The number of rotatable bonds is 0. The summed E-state index contributed by atoms with van der Waals surface area (Å²) in [6.07, 6.45) is 0. The maximum Gasteiger partial charge on any atom is 2.00 e. The SMILES string of the molecule is NC(N)=O.[Pd+2]. The molecule has 3 nitrogen and oxygen atoms in total. The first kappa shape index (κ1) is 8.87. The van der Waals surface area contributed by atoms with Crippen molar-refractivity contribution in [3.05, 3.63) is 0 Å². The van der Waals surface area contributed by atoms with Gasteiger partial charge in [0, 0.05) is 0 Å². The molecule has 0 fully saturated rings. The number of carbonyl (C=O) groups is 1. The summed E-state index contributed by atoms with van der Waals surface area (Å²) in [4.78, 5) is 9.00. The number of urea groups is 1. The standard InChI is InChI=1S/CH4N2O.Pd/c2-1(3)4;/h(H4,2,3,4);/q;+2. The number of primary amides is 2. The fourth-order valence-electron chi connectivity index (χ4n) is 0. The quantitative estimate of drug-likeness (QED) is 0.446. The fraction of sp³-hybridized carbons (Fsp3) is 0. The first-order chi connectivity index (χ1) is 1.73. The van der Waals surface area contributed by atoms with E-state index in [2.05, 4.69) is 11.5 Å². The van der Waals surface area contributed by atoms with Gasteiger partial charge in [-0.25, -0.2) is 4.79 Å². The first-order valence-corrected chi connectivity index (χ1v) is 0.781. The number of carbonyl (C=O) groups excluding carboxylic acids is 1. The molecular formula is CH4N2OPd+2. The van der Waals surface area contributed by atoms with E-state index in [-0.39, 0.29) is 20.4 Å². The average molecular weight is 166 g/mol. The molecule has 0 bridgehead atoms. The van der Waals surface area contributed by atoms with Crippen LogP contribution in [0.5, 0.6) is 0 Å². The van der Waals surface area contributed by atoms with Crippen LogP contribution in [0.3, 0.4) is 0 Å². The summed E-state index contributed by atoms with van der Waals surface area (Å²) in [7, 11) is 0. The smallest absolute Gasteiger partial charge is 0.352 e. The molecule has 0 aromatic carbocycles. The first-order valence-electron chi connectivity index (χ1n) is 0.781. The van der Waals surface area contributed by atoms with E-state index in [1.165, 1.54) is 0 Å². The van der Waals surface area contributed by atoms with Gasteiger partial charge in [-0.1, -0.05) is 0 Å². The van der Waals surface area contributed by atoms with Gasteiger partial charge in [-0.15, -0.1) is 0 Å². The second-order valence-corrected chi connectivity index (χ2v) is 0.402. The number of hydrogen-bond donors (Lipinski definition) is 2. The predicted octanol–water partition coefficient (Wildman–Crippen LogP) is -0.979. The third-order valence-corrected chi connectivity index (χ3v) is 0. The van der Waals surface area contributed by atoms with Gasteiger partial charge in [0.25, 0.3) is 0 Å². The minimum Gasteiger partial charge on any atom is -0.352 e. The summed E-state index contributed by atoms with van der Waals surface area (Å²) in [5, 5.41) is 0. The van der Waals surface area contributed by atoms with Crippen LogP contribution in [0.2, 0.25) is 0 Å². The molecule has 5 heavy (non-hydrogen) atoms. The van der Waals surface area contributed by atoms with Crippen molar-refractivity contribution in [2.45, 2.75) is 0 Å². The maximum absolute atomic E-state index is 9.00. The minimum atomic E-state index is -0.833. The Labute approximate surface area is 43.4 Å². The van der Waals surface area contributed by atoms with Gasteiger partial charge in [0.05, 0.1) is 0 Å². The number of hydrogen-bond acceptors (Lipinski definition) is 1. The Morgan fingerprint density at radius 3 is 1.40 bits per heavy atom. The van der Waals surface area contributed by atoms with Gasteiger partial charge in [0.15, 0.2) is 0 Å². The molecular weight excluding hydrogens is 162 g/mol. The van der Waals surface area contributed by atoms with E-state index in [4.69, 9.17) is 4.79 Å². The van der Waals surface area contributed by atoms with Crippen molar-refractivity contribution in [2.75, 3.05) is 0 Å². The van der Waals surface area contributed by atoms with E-state index >= 15 is 0 Å². The van der Waals surface area contributed by atoms with Crippen LogP contribution >= 0.6 is 0 Å². The molecule has 32 valence electrons. The van der Waals surface area contributed by atoms with Crippen LogP contribution in [-0.4, -0.2) is 6.03 Å². The van der Waals surface area contributed by atoms with Crippen molar-refractivity contribution >= 4 is 6.03 Å². The second kappa shape index (κ2) is 3.93. The molecule has 0 spiro atoms. The van der Waals surface area contributed by atoms with Crippen molar-refractivity contribution < 1.29 is 25.2 Å². The molecule has 0 aliphatic rings. The summed E-state index contributed by atoms with van der Waals surface area (Å²) < 4.78 is 0. The number of nitrogens with two attached hydrogens (primary N) is 2. The monoisotopic (exact) mass is 166 g/mol. The zero-order valence-corrected chi connectivity index (χ0v) is 3.93. The molecule has 0 unspecified atom stereocenters. The molecule has 0 heterocycles. The molecule has 4 heteroatoms. The van der Waals surface area contributed by atoms with Crippen LogP contribution in [-0.2, 0) is 20.4 Å². The minimum absolute atomic E-state index is 0. The largest absolute Gasteiger partial charge is 2.00 e. The molecule has 0 rings (SSSR count). The molecule has 0 radical (unpaired) electrons. The molecule has 2 amide bonds. The third kappa shape index (κ3) is 3210. The van der Waals surface area contributed by atoms with Crippen LogP contribution < -0.4 is 11.5 Å². The third-order valence-electron chi connectivity index (χ3n) is 0. The van der Waals surface area contributed by atoms with Gasteiger partial charge >= 0.3 is 26.5 Å². The summed E-state index contributed by atoms with van der Waals surface area (Å²) in [6.45, 7) is 0.